The Bertz CT molecular complexity index is 2020. The van der Waals surface area contributed by atoms with Crippen LogP contribution in [0.2, 0.25) is 0 Å². The van der Waals surface area contributed by atoms with Crippen LogP contribution >= 0.6 is 0 Å². The lowest BCUT2D eigenvalue weighted by Gasteiger charge is -2.09. The summed E-state index contributed by atoms with van der Waals surface area (Å²) in [6.45, 7) is 0. The second-order valence-electron chi connectivity index (χ2n) is 9.36. The van der Waals surface area contributed by atoms with Crippen molar-refractivity contribution in [3.05, 3.63) is 125 Å². The highest BCUT2D eigenvalue weighted by Crippen LogP contribution is 2.48. The van der Waals surface area contributed by atoms with Crippen molar-refractivity contribution in [3.63, 3.8) is 0 Å². The summed E-state index contributed by atoms with van der Waals surface area (Å²) in [6.07, 6.45) is 1.77. The smallest absolute Gasteiger partial charge is 0.159 e. The van der Waals surface area contributed by atoms with Crippen LogP contribution in [-0.4, -0.2) is 14.1 Å². The molecule has 0 saturated heterocycles. The molecule has 0 fully saturated rings. The summed E-state index contributed by atoms with van der Waals surface area (Å²) < 4.78 is 4.03. The number of hydrogen-bond donors (Lipinski definition) is 0. The van der Waals surface area contributed by atoms with Gasteiger partial charge in [0, 0.05) is 23.9 Å². The van der Waals surface area contributed by atoms with Crippen LogP contribution in [0.4, 0.5) is 0 Å². The molecule has 6 rings (SSSR count). The molecular weight excluding hydrogens is 506 g/mol. The van der Waals surface area contributed by atoms with Gasteiger partial charge in [0.1, 0.15) is 41.2 Å². The third-order valence-electron chi connectivity index (χ3n) is 7.18. The third kappa shape index (κ3) is 3.91. The zero-order chi connectivity index (χ0) is 28.5. The topological polar surface area (TPSA) is 118 Å². The summed E-state index contributed by atoms with van der Waals surface area (Å²) in [5.74, 6) is 0.527. The highest BCUT2D eigenvalue weighted by atomic mass is 15.2. The first-order valence-corrected chi connectivity index (χ1v) is 12.7. The third-order valence-corrected chi connectivity index (χ3v) is 7.18. The number of imidazole rings is 1. The van der Waals surface area contributed by atoms with Crippen LogP contribution in [0, 0.1) is 45.3 Å². The zero-order valence-electron chi connectivity index (χ0n) is 21.9. The van der Waals surface area contributed by atoms with E-state index in [0.717, 1.165) is 28.1 Å². The van der Waals surface area contributed by atoms with Gasteiger partial charge in [-0.25, -0.2) is 4.98 Å². The van der Waals surface area contributed by atoms with E-state index >= 15 is 0 Å². The normalized spacial score (nSPS) is 11.8. The fraction of sp³-hybridized carbons (Fsp3) is 0.0294. The maximum Gasteiger partial charge on any atom is 0.159 e. The minimum Gasteiger partial charge on any atom is -0.327 e. The second kappa shape index (κ2) is 10.0. The quantitative estimate of drug-likeness (QED) is 0.242. The largest absolute Gasteiger partial charge is 0.327 e. The molecule has 0 spiro atoms. The van der Waals surface area contributed by atoms with E-state index in [4.69, 9.17) is 4.98 Å². The zero-order valence-corrected chi connectivity index (χ0v) is 21.9. The average molecular weight is 526 g/mol. The number of fused-ring (bicyclic) bond motifs is 2. The van der Waals surface area contributed by atoms with Gasteiger partial charge < -0.3 is 4.57 Å². The molecule has 0 radical (unpaired) electrons. The Hall–Kier alpha value is -6.41. The second-order valence-corrected chi connectivity index (χ2v) is 9.36. The van der Waals surface area contributed by atoms with E-state index in [1.165, 1.54) is 0 Å². The van der Waals surface area contributed by atoms with Crippen molar-refractivity contribution in [2.45, 2.75) is 0 Å². The van der Waals surface area contributed by atoms with Gasteiger partial charge in [-0.05, 0) is 46.5 Å². The highest BCUT2D eigenvalue weighted by Gasteiger charge is 2.32. The van der Waals surface area contributed by atoms with Crippen LogP contribution in [0.1, 0.15) is 17.0 Å². The number of nitriles is 4. The van der Waals surface area contributed by atoms with Gasteiger partial charge in [0.2, 0.25) is 0 Å². The molecule has 1 aliphatic rings. The van der Waals surface area contributed by atoms with Crippen molar-refractivity contribution in [1.82, 2.24) is 14.1 Å². The summed E-state index contributed by atoms with van der Waals surface area (Å²) in [5.41, 5.74) is 6.69. The Morgan fingerprint density at radius 2 is 1.22 bits per heavy atom. The summed E-state index contributed by atoms with van der Waals surface area (Å²) in [4.78, 5) is 5.02. The molecule has 0 atom stereocenters. The van der Waals surface area contributed by atoms with Crippen LogP contribution in [0.3, 0.4) is 0 Å². The van der Waals surface area contributed by atoms with Crippen LogP contribution in [0.15, 0.2) is 108 Å². The molecule has 0 bridgehead atoms. The maximum atomic E-state index is 9.90. The van der Waals surface area contributed by atoms with Crippen molar-refractivity contribution in [2.75, 3.05) is 0 Å². The standard InChI is InChI=1S/C34H19N7/c1-40-29(22-10-4-2-5-11-22)17-30-34(40)39-31(41(30)25-12-6-3-7-13-25)16-28-32(23(18-35)19-36)26-14-8-9-15-27(26)33(28)24(20-37)21-38/h2-17H,1H3. The van der Waals surface area contributed by atoms with Gasteiger partial charge in [0.25, 0.3) is 0 Å². The molecule has 2 heterocycles. The van der Waals surface area contributed by atoms with Crippen LogP contribution in [0.25, 0.3) is 45.3 Å². The van der Waals surface area contributed by atoms with Crippen molar-refractivity contribution >= 4 is 28.4 Å². The highest BCUT2D eigenvalue weighted by molar-refractivity contribution is 6.15. The molecule has 1 aliphatic carbocycles. The number of aryl methyl sites for hydroxylation is 1. The van der Waals surface area contributed by atoms with Crippen LogP contribution in [0.5, 0.6) is 0 Å². The van der Waals surface area contributed by atoms with Gasteiger partial charge in [0.05, 0.1) is 11.2 Å². The Labute approximate surface area is 236 Å². The minimum absolute atomic E-state index is 0.109. The van der Waals surface area contributed by atoms with E-state index in [1.807, 2.05) is 101 Å². The Morgan fingerprint density at radius 3 is 1.76 bits per heavy atom. The molecule has 0 amide bonds. The Kier molecular flexibility index (Phi) is 6.10. The van der Waals surface area contributed by atoms with E-state index in [9.17, 15) is 21.0 Å². The number of benzene rings is 3. The van der Waals surface area contributed by atoms with E-state index < -0.39 is 0 Å². The number of allylic oxidation sites excluding steroid dienone is 5. The van der Waals surface area contributed by atoms with Gasteiger partial charge in [-0.2, -0.15) is 21.0 Å². The summed E-state index contributed by atoms with van der Waals surface area (Å²) >= 11 is 0. The number of para-hydroxylation sites is 1. The summed E-state index contributed by atoms with van der Waals surface area (Å²) in [6, 6.07) is 37.1. The van der Waals surface area contributed by atoms with Crippen LogP contribution < -0.4 is 0 Å². The molecule has 3 aromatic carbocycles. The molecule has 7 heteroatoms. The first-order valence-electron chi connectivity index (χ1n) is 12.7. The lowest BCUT2D eigenvalue weighted by molar-refractivity contribution is 0.955. The average Bonchev–Trinajstić information content (AvgIpc) is 3.64. The van der Waals surface area contributed by atoms with E-state index in [2.05, 4.69) is 6.07 Å². The predicted octanol–water partition coefficient (Wildman–Crippen LogP) is 6.73. The first kappa shape index (κ1) is 24.9. The van der Waals surface area contributed by atoms with Gasteiger partial charge in [-0.15, -0.1) is 0 Å². The molecule has 5 aromatic rings. The van der Waals surface area contributed by atoms with Crippen molar-refractivity contribution < 1.29 is 0 Å². The molecule has 7 nitrogen and oxygen atoms in total. The molecule has 0 unspecified atom stereocenters. The molecule has 0 N–H and O–H groups in total. The van der Waals surface area contributed by atoms with E-state index in [-0.39, 0.29) is 11.1 Å². The number of hydrogen-bond acceptors (Lipinski definition) is 5. The van der Waals surface area contributed by atoms with Crippen molar-refractivity contribution in [1.29, 1.82) is 21.0 Å². The van der Waals surface area contributed by atoms with Gasteiger partial charge in [-0.3, -0.25) is 4.57 Å². The van der Waals surface area contributed by atoms with E-state index in [0.29, 0.717) is 33.7 Å². The Balaban J connectivity index is 1.72. The van der Waals surface area contributed by atoms with Gasteiger partial charge in [-0.1, -0.05) is 72.8 Å². The number of rotatable bonds is 3. The monoisotopic (exact) mass is 525 g/mol. The molecule has 190 valence electrons. The summed E-state index contributed by atoms with van der Waals surface area (Å²) in [5, 5.41) is 39.6. The molecule has 41 heavy (non-hydrogen) atoms. The van der Waals surface area contributed by atoms with Gasteiger partial charge in [0.15, 0.2) is 5.65 Å². The lowest BCUT2D eigenvalue weighted by atomic mass is 9.96. The molecule has 2 aromatic heterocycles. The SMILES string of the molecule is Cn1c(-c2ccccc2)cc2c1nc(C=C1C(=C(C#N)C#N)c3ccccc3C1=C(C#N)C#N)n2-c1ccccc1. The first-order chi connectivity index (χ1) is 20.1. The fourth-order valence-corrected chi connectivity index (χ4v) is 5.41. The predicted molar refractivity (Wildman–Crippen MR) is 156 cm³/mol. The van der Waals surface area contributed by atoms with Gasteiger partial charge >= 0.3 is 0 Å². The number of nitrogens with zero attached hydrogens (tertiary/aromatic N) is 7. The minimum atomic E-state index is -0.109. The fourth-order valence-electron chi connectivity index (χ4n) is 5.41. The summed E-state index contributed by atoms with van der Waals surface area (Å²) in [7, 11) is 1.96. The number of aromatic nitrogens is 3. The van der Waals surface area contributed by atoms with Crippen LogP contribution in [-0.2, 0) is 7.05 Å². The molecule has 0 aliphatic heterocycles. The lowest BCUT2D eigenvalue weighted by Crippen LogP contribution is -1.99. The van der Waals surface area contributed by atoms with Crippen molar-refractivity contribution in [3.8, 4) is 41.2 Å². The van der Waals surface area contributed by atoms with E-state index in [1.54, 1.807) is 30.3 Å². The van der Waals surface area contributed by atoms with Crippen molar-refractivity contribution in [2.24, 2.45) is 7.05 Å². The molecule has 0 saturated carbocycles. The maximum absolute atomic E-state index is 9.90. The Morgan fingerprint density at radius 1 is 0.707 bits per heavy atom. The molecular formula is C34H19N7.